The van der Waals surface area contributed by atoms with Gasteiger partial charge in [0.05, 0.1) is 20.7 Å². The molecule has 0 amide bonds. The number of aliphatic hydroxyl groups is 1. The maximum absolute atomic E-state index is 9.69. The minimum absolute atomic E-state index is 0.0108. The van der Waals surface area contributed by atoms with Gasteiger partial charge in [-0.3, -0.25) is 4.48 Å². The summed E-state index contributed by atoms with van der Waals surface area (Å²) in [5.74, 6) is 1.92. The lowest BCUT2D eigenvalue weighted by Gasteiger charge is -2.35. The van der Waals surface area contributed by atoms with Crippen molar-refractivity contribution in [2.45, 2.75) is 13.0 Å². The van der Waals surface area contributed by atoms with Crippen molar-refractivity contribution in [3.05, 3.63) is 84.9 Å². The first-order valence-electron chi connectivity index (χ1n) is 9.65. The van der Waals surface area contributed by atoms with Gasteiger partial charge < -0.3 is 19.1 Å². The van der Waals surface area contributed by atoms with E-state index in [0.717, 1.165) is 5.69 Å². The highest BCUT2D eigenvalue weighted by molar-refractivity contribution is 6.39. The zero-order chi connectivity index (χ0) is 20.7. The summed E-state index contributed by atoms with van der Waals surface area (Å²) in [7, 11) is 3.09. The zero-order valence-electron chi connectivity index (χ0n) is 17.1. The van der Waals surface area contributed by atoms with Gasteiger partial charge in [-0.1, -0.05) is 48.5 Å². The highest BCUT2D eigenvalue weighted by atomic mass is 16.7. The van der Waals surface area contributed by atoms with E-state index < -0.39 is 7.32 Å². The first-order valence-corrected chi connectivity index (χ1v) is 9.65. The van der Waals surface area contributed by atoms with Crippen molar-refractivity contribution in [2.75, 3.05) is 20.7 Å². The maximum atomic E-state index is 9.69. The molecule has 6 heteroatoms. The van der Waals surface area contributed by atoms with Gasteiger partial charge >= 0.3 is 7.32 Å². The molecule has 0 saturated carbocycles. The molecule has 29 heavy (non-hydrogen) atoms. The van der Waals surface area contributed by atoms with Gasteiger partial charge in [-0.15, -0.1) is 0 Å². The summed E-state index contributed by atoms with van der Waals surface area (Å²) in [6.07, 6.45) is 0. The van der Waals surface area contributed by atoms with Gasteiger partial charge in [0.15, 0.2) is 11.4 Å². The molecule has 0 aromatic heterocycles. The van der Waals surface area contributed by atoms with Crippen LogP contribution in [0.3, 0.4) is 0 Å². The summed E-state index contributed by atoms with van der Waals surface area (Å²) in [4.78, 5) is 0. The van der Waals surface area contributed by atoms with Crippen LogP contribution >= 0.6 is 0 Å². The van der Waals surface area contributed by atoms with Crippen molar-refractivity contribution < 1.29 is 19.1 Å². The summed E-state index contributed by atoms with van der Waals surface area (Å²) >= 11 is 0. The Kier molecular flexibility index (Phi) is 6.80. The molecule has 150 valence electrons. The molecule has 0 unspecified atom stereocenters. The molecule has 1 N–H and O–H groups in total. The van der Waals surface area contributed by atoms with Crippen LogP contribution in [-0.4, -0.2) is 39.2 Å². The summed E-state index contributed by atoms with van der Waals surface area (Å²) in [5.41, 5.74) is 0.923. The van der Waals surface area contributed by atoms with Crippen molar-refractivity contribution in [1.82, 2.24) is 4.48 Å². The Balaban J connectivity index is 1.89. The minimum atomic E-state index is -0.981. The zero-order valence-corrected chi connectivity index (χ0v) is 17.1. The quantitative estimate of drug-likeness (QED) is 0.439. The van der Waals surface area contributed by atoms with Crippen molar-refractivity contribution in [3.63, 3.8) is 0 Å². The van der Waals surface area contributed by atoms with Gasteiger partial charge in [-0.25, -0.2) is 0 Å². The van der Waals surface area contributed by atoms with Crippen LogP contribution in [0, 0.1) is 0 Å². The molecule has 3 aromatic carbocycles. The van der Waals surface area contributed by atoms with E-state index in [1.54, 1.807) is 0 Å². The van der Waals surface area contributed by atoms with Crippen LogP contribution in [0.15, 0.2) is 84.9 Å². The van der Waals surface area contributed by atoms with Crippen LogP contribution in [0.1, 0.15) is 6.92 Å². The number of likely N-dealkylation sites (N-methyl/N-ethyl adjacent to an activating group) is 1. The number of benzene rings is 3. The summed E-state index contributed by atoms with van der Waals surface area (Å²) < 4.78 is 18.6. The van der Waals surface area contributed by atoms with E-state index in [1.807, 2.05) is 106 Å². The van der Waals surface area contributed by atoms with Gasteiger partial charge in [-0.05, 0) is 37.3 Å². The number of nitrogens with zero attached hydrogens (tertiary/aromatic N) is 1. The number of para-hydroxylation sites is 4. The van der Waals surface area contributed by atoms with Gasteiger partial charge in [0.1, 0.15) is 17.5 Å². The standard InChI is InChI=1S/C23H27BNO4/c1-19(18-26)25(2,3)22-16-10-11-17-23(22)29-24(27-20-12-6-4-7-13-20)28-21-14-8-5-9-15-21/h4-17,19,26H,18H2,1-3H3/q+1/t19-/m0/s1. The van der Waals surface area contributed by atoms with E-state index in [4.69, 9.17) is 14.0 Å². The number of aliphatic hydroxyl groups excluding tert-OH is 1. The van der Waals surface area contributed by atoms with Crippen LogP contribution in [0.5, 0.6) is 17.2 Å². The van der Waals surface area contributed by atoms with Gasteiger partial charge in [0, 0.05) is 6.07 Å². The molecule has 0 aliphatic heterocycles. The first-order chi connectivity index (χ1) is 14.0. The average molecular weight is 392 g/mol. The number of quaternary nitrogens is 1. The Morgan fingerprint density at radius 3 is 1.76 bits per heavy atom. The smallest absolute Gasteiger partial charge is 0.490 e. The topological polar surface area (TPSA) is 47.9 Å². The predicted molar refractivity (Wildman–Crippen MR) is 117 cm³/mol. The summed E-state index contributed by atoms with van der Waals surface area (Å²) in [6.45, 7) is 2.06. The molecule has 3 aromatic rings. The molecule has 0 fully saturated rings. The van der Waals surface area contributed by atoms with Crippen molar-refractivity contribution in [3.8, 4) is 17.2 Å². The van der Waals surface area contributed by atoms with Crippen molar-refractivity contribution in [2.24, 2.45) is 0 Å². The molecule has 1 atom stereocenters. The van der Waals surface area contributed by atoms with Crippen LogP contribution < -0.4 is 18.4 Å². The van der Waals surface area contributed by atoms with E-state index in [9.17, 15) is 5.11 Å². The molecule has 0 saturated heterocycles. The Bertz CT molecular complexity index is 848. The second kappa shape index (κ2) is 9.50. The van der Waals surface area contributed by atoms with Crippen LogP contribution in [0.2, 0.25) is 0 Å². The lowest BCUT2D eigenvalue weighted by atomic mass is 10.1. The highest BCUT2D eigenvalue weighted by Crippen LogP contribution is 2.33. The minimum Gasteiger partial charge on any atom is -0.490 e. The largest absolute Gasteiger partial charge is 0.864 e. The normalized spacial score (nSPS) is 12.1. The summed E-state index contributed by atoms with van der Waals surface area (Å²) in [6, 6.07) is 26.6. The third-order valence-corrected chi connectivity index (χ3v) is 5.03. The second-order valence-electron chi connectivity index (χ2n) is 7.31. The lowest BCUT2D eigenvalue weighted by molar-refractivity contribution is 0.180. The monoisotopic (exact) mass is 392 g/mol. The van der Waals surface area contributed by atoms with Crippen LogP contribution in [0.4, 0.5) is 5.69 Å². The number of hydrogen-bond acceptors (Lipinski definition) is 4. The lowest BCUT2D eigenvalue weighted by Crippen LogP contribution is -2.50. The van der Waals surface area contributed by atoms with E-state index in [2.05, 4.69) is 0 Å². The number of hydrogen-bond donors (Lipinski definition) is 1. The molecular formula is C23H27BNO4+. The molecule has 3 rings (SSSR count). The molecule has 0 heterocycles. The highest BCUT2D eigenvalue weighted by Gasteiger charge is 2.35. The predicted octanol–water partition coefficient (Wildman–Crippen LogP) is 4.16. The Morgan fingerprint density at radius 2 is 1.24 bits per heavy atom. The maximum Gasteiger partial charge on any atom is 0.864 e. The Hall–Kier alpha value is -2.96. The summed E-state index contributed by atoms with van der Waals surface area (Å²) in [5, 5.41) is 9.69. The van der Waals surface area contributed by atoms with E-state index in [-0.39, 0.29) is 12.6 Å². The van der Waals surface area contributed by atoms with Crippen molar-refractivity contribution in [1.29, 1.82) is 0 Å². The molecular weight excluding hydrogens is 365 g/mol. The fraction of sp³-hybridized carbons (Fsp3) is 0.217. The molecule has 0 bridgehead atoms. The second-order valence-corrected chi connectivity index (χ2v) is 7.31. The molecule has 0 aliphatic rings. The third kappa shape index (κ3) is 5.31. The fourth-order valence-electron chi connectivity index (χ4n) is 2.87. The average Bonchev–Trinajstić information content (AvgIpc) is 2.75. The van der Waals surface area contributed by atoms with Gasteiger partial charge in [0.25, 0.3) is 0 Å². The third-order valence-electron chi connectivity index (χ3n) is 5.03. The molecule has 0 aliphatic carbocycles. The van der Waals surface area contributed by atoms with Crippen LogP contribution in [-0.2, 0) is 0 Å². The fourth-order valence-corrected chi connectivity index (χ4v) is 2.87. The van der Waals surface area contributed by atoms with E-state index in [0.29, 0.717) is 21.7 Å². The van der Waals surface area contributed by atoms with Crippen LogP contribution in [0.25, 0.3) is 0 Å². The Labute approximate surface area is 172 Å². The Morgan fingerprint density at radius 1 is 0.759 bits per heavy atom. The van der Waals surface area contributed by atoms with E-state index in [1.165, 1.54) is 0 Å². The van der Waals surface area contributed by atoms with E-state index >= 15 is 0 Å². The van der Waals surface area contributed by atoms with Gasteiger partial charge in [-0.2, -0.15) is 0 Å². The molecule has 0 spiro atoms. The first kappa shape index (κ1) is 20.8. The SMILES string of the molecule is C[C@@H](CO)[N+](C)(C)c1ccccc1OB(Oc1ccccc1)Oc1ccccc1. The number of rotatable bonds is 9. The molecule has 5 nitrogen and oxygen atoms in total. The van der Waals surface area contributed by atoms with Crippen molar-refractivity contribution >= 4 is 13.0 Å². The van der Waals surface area contributed by atoms with Gasteiger partial charge in [0.2, 0.25) is 0 Å². The molecule has 0 radical (unpaired) electrons.